The minimum atomic E-state index is -0.264. The van der Waals surface area contributed by atoms with E-state index < -0.39 is 0 Å². The Kier molecular flexibility index (Phi) is 3.28. The number of halogens is 1. The summed E-state index contributed by atoms with van der Waals surface area (Å²) in [6.45, 7) is 0. The molecule has 4 heteroatoms. The highest BCUT2D eigenvalue weighted by atomic mass is 19.1. The molecule has 0 unspecified atom stereocenters. The first-order chi connectivity index (χ1) is 12.8. The van der Waals surface area contributed by atoms with Crippen molar-refractivity contribution >= 4 is 21.8 Å². The van der Waals surface area contributed by atoms with E-state index in [1.165, 1.54) is 12.1 Å². The first-order valence-electron chi connectivity index (χ1n) is 8.39. The van der Waals surface area contributed by atoms with Gasteiger partial charge in [0.25, 0.3) is 0 Å². The number of rotatable bonds is 2. The Hall–Kier alpha value is -3.53. The van der Waals surface area contributed by atoms with E-state index in [2.05, 4.69) is 4.98 Å². The Morgan fingerprint density at radius 1 is 0.731 bits per heavy atom. The summed E-state index contributed by atoms with van der Waals surface area (Å²) in [7, 11) is 0. The van der Waals surface area contributed by atoms with Crippen molar-refractivity contribution in [2.75, 3.05) is 0 Å². The molecule has 0 spiro atoms. The zero-order valence-corrected chi connectivity index (χ0v) is 13.8. The zero-order valence-electron chi connectivity index (χ0n) is 13.8. The van der Waals surface area contributed by atoms with Gasteiger partial charge in [-0.2, -0.15) is 5.10 Å². The second-order valence-corrected chi connectivity index (χ2v) is 6.14. The Balaban J connectivity index is 1.91. The maximum Gasteiger partial charge on any atom is 0.123 e. The normalized spacial score (nSPS) is 11.3. The van der Waals surface area contributed by atoms with Crippen LogP contribution in [-0.4, -0.2) is 14.8 Å². The molecule has 0 fully saturated rings. The predicted octanol–water partition coefficient (Wildman–Crippen LogP) is 5.38. The smallest absolute Gasteiger partial charge is 0.123 e. The number of pyridine rings is 1. The molecule has 5 aromatic rings. The van der Waals surface area contributed by atoms with Crippen LogP contribution in [0.5, 0.6) is 0 Å². The summed E-state index contributed by atoms with van der Waals surface area (Å²) in [5.41, 5.74) is 4.58. The summed E-state index contributed by atoms with van der Waals surface area (Å²) in [5.74, 6) is -0.264. The van der Waals surface area contributed by atoms with Gasteiger partial charge in [-0.3, -0.25) is 4.98 Å². The molecule has 5 rings (SSSR count). The molecule has 0 aliphatic rings. The molecule has 26 heavy (non-hydrogen) atoms. The Morgan fingerprint density at radius 3 is 2.27 bits per heavy atom. The largest absolute Gasteiger partial charge is 0.255 e. The Morgan fingerprint density at radius 2 is 1.46 bits per heavy atom. The van der Waals surface area contributed by atoms with Crippen LogP contribution in [0.25, 0.3) is 38.8 Å². The average molecular weight is 339 g/mol. The van der Waals surface area contributed by atoms with Crippen LogP contribution < -0.4 is 0 Å². The summed E-state index contributed by atoms with van der Waals surface area (Å²) >= 11 is 0. The third-order valence-electron chi connectivity index (χ3n) is 4.53. The van der Waals surface area contributed by atoms with Gasteiger partial charge in [0.05, 0.1) is 16.7 Å². The zero-order chi connectivity index (χ0) is 17.5. The number of hydrogen-bond acceptors (Lipinski definition) is 2. The third kappa shape index (κ3) is 2.27. The molecule has 0 saturated carbocycles. The van der Waals surface area contributed by atoms with Gasteiger partial charge in [-0.05, 0) is 30.3 Å². The molecule has 0 saturated heterocycles. The topological polar surface area (TPSA) is 30.7 Å². The van der Waals surface area contributed by atoms with Gasteiger partial charge in [-0.25, -0.2) is 9.07 Å². The van der Waals surface area contributed by atoms with Crippen LogP contribution in [0.1, 0.15) is 0 Å². The first-order valence-corrected chi connectivity index (χ1v) is 8.39. The van der Waals surface area contributed by atoms with E-state index in [0.717, 1.165) is 38.8 Å². The Bertz CT molecular complexity index is 1230. The van der Waals surface area contributed by atoms with E-state index in [1.807, 2.05) is 65.5 Å². The fraction of sp³-hybridized carbons (Fsp3) is 0. The minimum Gasteiger partial charge on any atom is -0.255 e. The molecule has 0 aliphatic heterocycles. The lowest BCUT2D eigenvalue weighted by Gasteiger charge is -2.05. The van der Waals surface area contributed by atoms with Crippen LogP contribution in [0.2, 0.25) is 0 Å². The minimum absolute atomic E-state index is 0.264. The van der Waals surface area contributed by atoms with Gasteiger partial charge < -0.3 is 0 Å². The molecule has 2 heterocycles. The van der Waals surface area contributed by atoms with E-state index in [4.69, 9.17) is 5.10 Å². The summed E-state index contributed by atoms with van der Waals surface area (Å²) in [5, 5.41) is 6.85. The molecular weight excluding hydrogens is 325 g/mol. The van der Waals surface area contributed by atoms with Crippen molar-refractivity contribution in [2.24, 2.45) is 0 Å². The van der Waals surface area contributed by atoms with E-state index in [1.54, 1.807) is 12.1 Å². The lowest BCUT2D eigenvalue weighted by molar-refractivity contribution is 0.627. The third-order valence-corrected chi connectivity index (χ3v) is 4.53. The molecule has 0 radical (unpaired) electrons. The second kappa shape index (κ2) is 5.77. The number of aromatic nitrogens is 3. The van der Waals surface area contributed by atoms with Crippen LogP contribution in [0.15, 0.2) is 85.1 Å². The summed E-state index contributed by atoms with van der Waals surface area (Å²) in [4.78, 5) is 4.60. The number of fused-ring (bicyclic) bond motifs is 3. The molecule has 0 bridgehead atoms. The molecule has 0 atom stereocenters. The van der Waals surface area contributed by atoms with Crippen LogP contribution in [0.3, 0.4) is 0 Å². The highest BCUT2D eigenvalue weighted by Gasteiger charge is 2.16. The number of benzene rings is 3. The van der Waals surface area contributed by atoms with Gasteiger partial charge in [0.1, 0.15) is 11.5 Å². The van der Waals surface area contributed by atoms with E-state index in [-0.39, 0.29) is 5.82 Å². The van der Waals surface area contributed by atoms with Gasteiger partial charge in [-0.15, -0.1) is 0 Å². The monoisotopic (exact) mass is 339 g/mol. The maximum absolute atomic E-state index is 13.4. The first kappa shape index (κ1) is 14.8. The highest BCUT2D eigenvalue weighted by molar-refractivity contribution is 6.08. The van der Waals surface area contributed by atoms with Gasteiger partial charge in [0, 0.05) is 22.5 Å². The molecule has 3 nitrogen and oxygen atoms in total. The second-order valence-electron chi connectivity index (χ2n) is 6.14. The summed E-state index contributed by atoms with van der Waals surface area (Å²) in [6.07, 6.45) is 1.87. The Labute approximate surface area is 149 Å². The lowest BCUT2D eigenvalue weighted by atomic mass is 10.1. The molecule has 0 N–H and O–H groups in total. The van der Waals surface area contributed by atoms with Gasteiger partial charge in [-0.1, -0.05) is 48.5 Å². The SMILES string of the molecule is Fc1ccc(-n2nc(-c3ccccc3)c3cnc4ccccc4c32)cc1. The summed E-state index contributed by atoms with van der Waals surface area (Å²) < 4.78 is 15.3. The lowest BCUT2D eigenvalue weighted by Crippen LogP contribution is -1.97. The predicted molar refractivity (Wildman–Crippen MR) is 102 cm³/mol. The van der Waals surface area contributed by atoms with Crippen molar-refractivity contribution in [1.29, 1.82) is 0 Å². The van der Waals surface area contributed by atoms with Crippen molar-refractivity contribution < 1.29 is 4.39 Å². The number of hydrogen-bond donors (Lipinski definition) is 0. The molecule has 2 aromatic heterocycles. The van der Waals surface area contributed by atoms with Gasteiger partial charge >= 0.3 is 0 Å². The standard InChI is InChI=1S/C22H14FN3/c23-16-10-12-17(13-11-16)26-22-18-8-4-5-9-20(18)24-14-19(22)21(25-26)15-6-2-1-3-7-15/h1-14H. The van der Waals surface area contributed by atoms with Crippen molar-refractivity contribution in [3.63, 3.8) is 0 Å². The molecule has 0 aliphatic carbocycles. The fourth-order valence-corrected chi connectivity index (χ4v) is 3.31. The van der Waals surface area contributed by atoms with Gasteiger partial charge in [0.15, 0.2) is 0 Å². The van der Waals surface area contributed by atoms with Crippen molar-refractivity contribution in [3.05, 3.63) is 90.9 Å². The van der Waals surface area contributed by atoms with Crippen molar-refractivity contribution in [2.45, 2.75) is 0 Å². The van der Waals surface area contributed by atoms with Crippen LogP contribution in [-0.2, 0) is 0 Å². The molecule has 3 aromatic carbocycles. The van der Waals surface area contributed by atoms with Crippen LogP contribution in [0.4, 0.5) is 4.39 Å². The van der Waals surface area contributed by atoms with E-state index in [0.29, 0.717) is 0 Å². The quantitative estimate of drug-likeness (QED) is 0.432. The molecule has 0 amide bonds. The van der Waals surface area contributed by atoms with Gasteiger partial charge in [0.2, 0.25) is 0 Å². The van der Waals surface area contributed by atoms with Crippen molar-refractivity contribution in [1.82, 2.24) is 14.8 Å². The van der Waals surface area contributed by atoms with E-state index in [9.17, 15) is 4.39 Å². The molecular formula is C22H14FN3. The number of nitrogens with zero attached hydrogens (tertiary/aromatic N) is 3. The highest BCUT2D eigenvalue weighted by Crippen LogP contribution is 2.33. The van der Waals surface area contributed by atoms with Crippen LogP contribution in [0, 0.1) is 5.82 Å². The number of para-hydroxylation sites is 1. The van der Waals surface area contributed by atoms with Crippen LogP contribution >= 0.6 is 0 Å². The molecule has 124 valence electrons. The summed E-state index contributed by atoms with van der Waals surface area (Å²) in [6, 6.07) is 24.4. The fourth-order valence-electron chi connectivity index (χ4n) is 3.31. The average Bonchev–Trinajstić information content (AvgIpc) is 3.09. The maximum atomic E-state index is 13.4. The van der Waals surface area contributed by atoms with Crippen molar-refractivity contribution in [3.8, 4) is 16.9 Å². The van der Waals surface area contributed by atoms with E-state index >= 15 is 0 Å².